The minimum Gasteiger partial charge on any atom is -0.480 e. The summed E-state index contributed by atoms with van der Waals surface area (Å²) < 4.78 is 0. The number of aromatic nitrogens is 1. The first kappa shape index (κ1) is 11.9. The molecular weight excluding hydrogens is 234 g/mol. The molecule has 1 aromatic carbocycles. The van der Waals surface area contributed by atoms with Gasteiger partial charge in [-0.25, -0.2) is 4.98 Å². The van der Waals surface area contributed by atoms with Crippen LogP contribution >= 0.6 is 11.8 Å². The van der Waals surface area contributed by atoms with E-state index in [1.54, 1.807) is 0 Å². The summed E-state index contributed by atoms with van der Waals surface area (Å²) in [6, 6.07) is 11.7. The zero-order valence-corrected chi connectivity index (χ0v) is 10.3. The molecule has 1 atom stereocenters. The highest BCUT2D eigenvalue weighted by atomic mass is 32.2. The number of carboxylic acid groups (broad SMARTS) is 1. The minimum absolute atomic E-state index is 0.427. The average molecular weight is 247 g/mol. The third kappa shape index (κ3) is 2.77. The van der Waals surface area contributed by atoms with Gasteiger partial charge in [-0.1, -0.05) is 43.0 Å². The van der Waals surface area contributed by atoms with Gasteiger partial charge in [0, 0.05) is 5.39 Å². The Labute approximate surface area is 104 Å². The zero-order chi connectivity index (χ0) is 12.3. The van der Waals surface area contributed by atoms with Crippen LogP contribution in [0.15, 0.2) is 41.4 Å². The molecule has 0 aliphatic rings. The van der Waals surface area contributed by atoms with E-state index in [2.05, 4.69) is 4.98 Å². The predicted octanol–water partition coefficient (Wildman–Crippen LogP) is 3.19. The summed E-state index contributed by atoms with van der Waals surface area (Å²) in [5.74, 6) is -0.785. The number of fused-ring (bicyclic) bond motifs is 1. The van der Waals surface area contributed by atoms with Crippen LogP contribution in [-0.2, 0) is 4.79 Å². The van der Waals surface area contributed by atoms with E-state index in [1.165, 1.54) is 11.8 Å². The summed E-state index contributed by atoms with van der Waals surface area (Å²) in [5.41, 5.74) is 0.901. The van der Waals surface area contributed by atoms with Crippen LogP contribution in [0.25, 0.3) is 10.9 Å². The fraction of sp³-hybridized carbons (Fsp3) is 0.231. The molecule has 1 aromatic heterocycles. The van der Waals surface area contributed by atoms with E-state index < -0.39 is 11.2 Å². The first-order valence-electron chi connectivity index (χ1n) is 5.46. The molecule has 0 saturated carbocycles. The molecule has 3 nitrogen and oxygen atoms in total. The van der Waals surface area contributed by atoms with Crippen molar-refractivity contribution in [3.8, 4) is 0 Å². The van der Waals surface area contributed by atoms with Crippen molar-refractivity contribution in [1.29, 1.82) is 0 Å². The van der Waals surface area contributed by atoms with Crippen molar-refractivity contribution in [2.24, 2.45) is 0 Å². The van der Waals surface area contributed by atoms with Crippen molar-refractivity contribution < 1.29 is 9.90 Å². The maximum absolute atomic E-state index is 10.9. The topological polar surface area (TPSA) is 50.2 Å². The predicted molar refractivity (Wildman–Crippen MR) is 69.3 cm³/mol. The molecule has 1 N–H and O–H groups in total. The number of pyridine rings is 1. The molecule has 0 saturated heterocycles. The molecule has 0 aliphatic carbocycles. The van der Waals surface area contributed by atoms with Crippen LogP contribution in [0.4, 0.5) is 0 Å². The van der Waals surface area contributed by atoms with E-state index in [1.807, 2.05) is 43.3 Å². The highest BCUT2D eigenvalue weighted by Crippen LogP contribution is 2.25. The van der Waals surface area contributed by atoms with Crippen LogP contribution in [-0.4, -0.2) is 21.3 Å². The molecule has 0 spiro atoms. The first-order valence-corrected chi connectivity index (χ1v) is 6.34. The highest BCUT2D eigenvalue weighted by Gasteiger charge is 2.17. The van der Waals surface area contributed by atoms with Crippen LogP contribution in [0, 0.1) is 0 Å². The fourth-order valence-electron chi connectivity index (χ4n) is 1.57. The second-order valence-electron chi connectivity index (χ2n) is 3.70. The Bertz CT molecular complexity index is 542. The maximum atomic E-state index is 10.9. The third-order valence-electron chi connectivity index (χ3n) is 2.48. The smallest absolute Gasteiger partial charge is 0.317 e. The molecule has 0 radical (unpaired) electrons. The maximum Gasteiger partial charge on any atom is 0.317 e. The van der Waals surface area contributed by atoms with Gasteiger partial charge in [0.2, 0.25) is 0 Å². The van der Waals surface area contributed by atoms with Crippen LogP contribution < -0.4 is 0 Å². The molecular formula is C13H13NO2S. The summed E-state index contributed by atoms with van der Waals surface area (Å²) in [6.07, 6.45) is 0.592. The van der Waals surface area contributed by atoms with Gasteiger partial charge in [-0.2, -0.15) is 0 Å². The van der Waals surface area contributed by atoms with Gasteiger partial charge < -0.3 is 5.11 Å². The average Bonchev–Trinajstić information content (AvgIpc) is 2.35. The lowest BCUT2D eigenvalue weighted by atomic mass is 10.2. The SMILES string of the molecule is CCC(Sc1ccc2ccccc2n1)C(=O)O. The first-order chi connectivity index (χ1) is 8.20. The molecule has 1 unspecified atom stereocenters. The van der Waals surface area contributed by atoms with Gasteiger partial charge in [0.25, 0.3) is 0 Å². The second kappa shape index (κ2) is 5.19. The Morgan fingerprint density at radius 1 is 1.35 bits per heavy atom. The Balaban J connectivity index is 2.27. The molecule has 0 aliphatic heterocycles. The number of rotatable bonds is 4. The number of benzene rings is 1. The van der Waals surface area contributed by atoms with Gasteiger partial charge in [0.15, 0.2) is 0 Å². The van der Waals surface area contributed by atoms with E-state index in [0.717, 1.165) is 15.9 Å². The minimum atomic E-state index is -0.785. The highest BCUT2D eigenvalue weighted by molar-refractivity contribution is 8.00. The van der Waals surface area contributed by atoms with E-state index in [0.29, 0.717) is 6.42 Å². The van der Waals surface area contributed by atoms with E-state index >= 15 is 0 Å². The summed E-state index contributed by atoms with van der Waals surface area (Å²) in [6.45, 7) is 1.87. The van der Waals surface area contributed by atoms with Crippen LogP contribution in [0.1, 0.15) is 13.3 Å². The van der Waals surface area contributed by atoms with Gasteiger partial charge in [0.1, 0.15) is 5.25 Å². The second-order valence-corrected chi connectivity index (χ2v) is 4.92. The Morgan fingerprint density at radius 2 is 2.12 bits per heavy atom. The molecule has 4 heteroatoms. The number of para-hydroxylation sites is 1. The van der Waals surface area contributed by atoms with Gasteiger partial charge in [-0.15, -0.1) is 0 Å². The largest absolute Gasteiger partial charge is 0.480 e. The lowest BCUT2D eigenvalue weighted by Gasteiger charge is -2.08. The van der Waals surface area contributed by atoms with Crippen molar-refractivity contribution in [3.05, 3.63) is 36.4 Å². The van der Waals surface area contributed by atoms with E-state index in [4.69, 9.17) is 5.11 Å². The molecule has 2 aromatic rings. The molecule has 0 bridgehead atoms. The standard InChI is InChI=1S/C13H13NO2S/c1-2-11(13(15)16)17-12-8-7-9-5-3-4-6-10(9)14-12/h3-8,11H,2H2,1H3,(H,15,16). The van der Waals surface area contributed by atoms with E-state index in [-0.39, 0.29) is 0 Å². The Kier molecular flexibility index (Phi) is 3.64. The summed E-state index contributed by atoms with van der Waals surface area (Å²) in [7, 11) is 0. The third-order valence-corrected chi connectivity index (χ3v) is 3.77. The number of carboxylic acids is 1. The summed E-state index contributed by atoms with van der Waals surface area (Å²) in [4.78, 5) is 15.4. The quantitative estimate of drug-likeness (QED) is 0.843. The van der Waals surface area contributed by atoms with Crippen molar-refractivity contribution in [2.45, 2.75) is 23.6 Å². The normalized spacial score (nSPS) is 12.5. The van der Waals surface area contributed by atoms with Gasteiger partial charge >= 0.3 is 5.97 Å². The lowest BCUT2D eigenvalue weighted by molar-refractivity contribution is -0.136. The van der Waals surface area contributed by atoms with Crippen molar-refractivity contribution in [2.75, 3.05) is 0 Å². The van der Waals surface area contributed by atoms with Gasteiger partial charge in [-0.3, -0.25) is 4.79 Å². The number of nitrogens with zero attached hydrogens (tertiary/aromatic N) is 1. The van der Waals surface area contributed by atoms with Crippen molar-refractivity contribution >= 4 is 28.6 Å². The summed E-state index contributed by atoms with van der Waals surface area (Å²) in [5, 5.41) is 10.4. The van der Waals surface area contributed by atoms with Crippen LogP contribution in [0.5, 0.6) is 0 Å². The van der Waals surface area contributed by atoms with Crippen molar-refractivity contribution in [1.82, 2.24) is 4.98 Å². The number of aliphatic carboxylic acids is 1. The van der Waals surface area contributed by atoms with Crippen LogP contribution in [0.2, 0.25) is 0 Å². The zero-order valence-electron chi connectivity index (χ0n) is 9.46. The summed E-state index contributed by atoms with van der Waals surface area (Å²) >= 11 is 1.30. The Hall–Kier alpha value is -1.55. The van der Waals surface area contributed by atoms with Crippen LogP contribution in [0.3, 0.4) is 0 Å². The fourth-order valence-corrected chi connectivity index (χ4v) is 2.42. The number of thioether (sulfide) groups is 1. The number of hydrogen-bond acceptors (Lipinski definition) is 3. The van der Waals surface area contributed by atoms with E-state index in [9.17, 15) is 4.79 Å². The molecule has 17 heavy (non-hydrogen) atoms. The van der Waals surface area contributed by atoms with Gasteiger partial charge in [-0.05, 0) is 18.6 Å². The molecule has 0 fully saturated rings. The van der Waals surface area contributed by atoms with Gasteiger partial charge in [0.05, 0.1) is 10.5 Å². The van der Waals surface area contributed by atoms with Crippen molar-refractivity contribution in [3.63, 3.8) is 0 Å². The Morgan fingerprint density at radius 3 is 2.82 bits per heavy atom. The number of carbonyl (C=O) groups is 1. The monoisotopic (exact) mass is 247 g/mol. The molecule has 0 amide bonds. The number of hydrogen-bond donors (Lipinski definition) is 1. The molecule has 1 heterocycles. The lowest BCUT2D eigenvalue weighted by Crippen LogP contribution is -2.14. The molecule has 2 rings (SSSR count). The molecule has 88 valence electrons.